The van der Waals surface area contributed by atoms with Gasteiger partial charge in [-0.15, -0.1) is 0 Å². The molecule has 0 aliphatic rings. The molecule has 0 saturated heterocycles. The predicted octanol–water partition coefficient (Wildman–Crippen LogP) is 11.2. The summed E-state index contributed by atoms with van der Waals surface area (Å²) in [5, 5.41) is 18.7. The molecule has 0 radical (unpaired) electrons. The summed E-state index contributed by atoms with van der Waals surface area (Å²) < 4.78 is 0. The van der Waals surface area contributed by atoms with E-state index in [0.29, 0.717) is 24.4 Å². The number of hydrogen-bond acceptors (Lipinski definition) is 5. The Hall–Kier alpha value is -0.780. The van der Waals surface area contributed by atoms with E-state index >= 15 is 0 Å². The van der Waals surface area contributed by atoms with E-state index < -0.39 is 0 Å². The van der Waals surface area contributed by atoms with Crippen molar-refractivity contribution >= 4 is 11.6 Å². The molecule has 0 rings (SSSR count). The van der Waals surface area contributed by atoms with E-state index in [4.69, 9.17) is 10.2 Å². The zero-order valence-electron chi connectivity index (χ0n) is 30.7. The quantitative estimate of drug-likeness (QED) is 0.0589. The smallest absolute Gasteiger partial charge is 0.132 e. The van der Waals surface area contributed by atoms with Gasteiger partial charge in [-0.3, -0.25) is 9.59 Å². The van der Waals surface area contributed by atoms with Gasteiger partial charge < -0.3 is 15.5 Å². The third-order valence-electron chi connectivity index (χ3n) is 8.84. The Balaban J connectivity index is 0. The summed E-state index contributed by atoms with van der Waals surface area (Å²) in [6.07, 6.45) is 39.9. The van der Waals surface area contributed by atoms with Crippen LogP contribution in [0, 0.1) is 0 Å². The minimum atomic E-state index is -0.125. The first kappa shape index (κ1) is 46.3. The van der Waals surface area contributed by atoms with Gasteiger partial charge in [0.15, 0.2) is 0 Å². The largest absolute Gasteiger partial charge is 0.394 e. The van der Waals surface area contributed by atoms with Crippen LogP contribution in [-0.4, -0.2) is 48.1 Å². The van der Waals surface area contributed by atoms with Crippen molar-refractivity contribution in [3.05, 3.63) is 0 Å². The molecule has 0 saturated carbocycles. The minimum absolute atomic E-state index is 0.125. The number of Topliss-reactive ketones (excluding diaryl/α,β-unsaturated/α-hetero) is 2. The second kappa shape index (κ2) is 43.2. The van der Waals surface area contributed by atoms with Crippen LogP contribution in [-0.2, 0) is 9.59 Å². The van der Waals surface area contributed by atoms with Gasteiger partial charge in [-0.25, -0.2) is 0 Å². The molecule has 5 heteroatoms. The molecule has 0 bridgehead atoms. The number of carbonyl (C=O) groups excluding carboxylic acids is 2. The fourth-order valence-electron chi connectivity index (χ4n) is 5.88. The first-order valence-corrected chi connectivity index (χ1v) is 20.1. The van der Waals surface area contributed by atoms with E-state index in [1.54, 1.807) is 0 Å². The third-order valence-corrected chi connectivity index (χ3v) is 8.84. The highest BCUT2D eigenvalue weighted by Crippen LogP contribution is 2.15. The molecule has 45 heavy (non-hydrogen) atoms. The molecule has 0 heterocycles. The van der Waals surface area contributed by atoms with Gasteiger partial charge in [-0.1, -0.05) is 168 Å². The summed E-state index contributed by atoms with van der Waals surface area (Å²) in [7, 11) is 0. The highest BCUT2D eigenvalue weighted by molar-refractivity contribution is 5.78. The Kier molecular flexibility index (Phi) is 44.5. The molecule has 0 atom stereocenters. The van der Waals surface area contributed by atoms with E-state index in [9.17, 15) is 9.59 Å². The molecule has 0 aromatic carbocycles. The predicted molar refractivity (Wildman–Crippen MR) is 196 cm³/mol. The lowest BCUT2D eigenvalue weighted by Crippen LogP contribution is -2.18. The summed E-state index contributed by atoms with van der Waals surface area (Å²) in [5.41, 5.74) is 0. The fourth-order valence-corrected chi connectivity index (χ4v) is 5.88. The summed E-state index contributed by atoms with van der Waals surface area (Å²) >= 11 is 0. The molecule has 0 aliphatic carbocycles. The van der Waals surface area contributed by atoms with Crippen LogP contribution < -0.4 is 5.32 Å². The molecule has 0 spiro atoms. The van der Waals surface area contributed by atoms with E-state index in [1.165, 1.54) is 154 Å². The number of unbranched alkanes of at least 4 members (excludes halogenated alkanes) is 24. The molecular weight excluding hydrogens is 558 g/mol. The van der Waals surface area contributed by atoms with Crippen LogP contribution in [0.5, 0.6) is 0 Å². The molecule has 270 valence electrons. The second-order valence-electron chi connectivity index (χ2n) is 13.5. The van der Waals surface area contributed by atoms with Crippen LogP contribution in [0.1, 0.15) is 219 Å². The molecule has 5 nitrogen and oxygen atoms in total. The summed E-state index contributed by atoms with van der Waals surface area (Å²) in [4.78, 5) is 24.2. The van der Waals surface area contributed by atoms with E-state index in [0.717, 1.165) is 51.6 Å². The highest BCUT2D eigenvalue weighted by atomic mass is 16.3. The molecule has 0 aromatic rings. The average Bonchev–Trinajstić information content (AvgIpc) is 3.05. The topological polar surface area (TPSA) is 86.6 Å². The van der Waals surface area contributed by atoms with Crippen molar-refractivity contribution in [3.63, 3.8) is 0 Å². The fraction of sp³-hybridized carbons (Fsp3) is 0.950. The van der Waals surface area contributed by atoms with E-state index in [2.05, 4.69) is 19.2 Å². The minimum Gasteiger partial charge on any atom is -0.394 e. The van der Waals surface area contributed by atoms with Gasteiger partial charge in [0, 0.05) is 25.7 Å². The monoisotopic (exact) mass is 640 g/mol. The second-order valence-corrected chi connectivity index (χ2v) is 13.5. The van der Waals surface area contributed by atoms with Crippen molar-refractivity contribution in [2.24, 2.45) is 0 Å². The third kappa shape index (κ3) is 45.4. The van der Waals surface area contributed by atoms with Crippen LogP contribution in [0.25, 0.3) is 0 Å². The molecule has 0 unspecified atom stereocenters. The standard InChI is InChI=1S/C38H75NO2.C2H6O2/c1-3-5-7-9-11-13-15-17-19-21-23-25-27-31-37(40)33-29-35-39-36-30-34-38(41)32-28-26-24-22-20-18-16-14-12-10-8-6-4-2;3-1-2-4/h39H,3-36H2,1-2H3;3-4H,1-2H2. The Morgan fingerprint density at radius 1 is 0.356 bits per heavy atom. The number of aliphatic hydroxyl groups is 2. The number of aliphatic hydroxyl groups excluding tert-OH is 2. The van der Waals surface area contributed by atoms with Crippen molar-refractivity contribution in [3.8, 4) is 0 Å². The maximum absolute atomic E-state index is 12.1. The SMILES string of the molecule is CCCCCCCCCCCCCCCC(=O)CCCNCCCC(=O)CCCCCCCCCCCCCCC.OCCO. The normalized spacial score (nSPS) is 11.0. The molecule has 0 amide bonds. The van der Waals surface area contributed by atoms with Gasteiger partial charge in [0.25, 0.3) is 0 Å². The van der Waals surface area contributed by atoms with Gasteiger partial charge in [-0.05, 0) is 38.8 Å². The number of carbonyl (C=O) groups is 2. The van der Waals surface area contributed by atoms with Crippen molar-refractivity contribution in [1.82, 2.24) is 5.32 Å². The lowest BCUT2D eigenvalue weighted by Gasteiger charge is -2.06. The summed E-state index contributed by atoms with van der Waals surface area (Å²) in [6.45, 7) is 6.11. The van der Waals surface area contributed by atoms with Gasteiger partial charge in [0.2, 0.25) is 0 Å². The average molecular weight is 640 g/mol. The van der Waals surface area contributed by atoms with Crippen molar-refractivity contribution < 1.29 is 19.8 Å². The first-order valence-electron chi connectivity index (χ1n) is 20.1. The van der Waals surface area contributed by atoms with Crippen LogP contribution in [0.2, 0.25) is 0 Å². The van der Waals surface area contributed by atoms with Crippen LogP contribution >= 0.6 is 0 Å². The van der Waals surface area contributed by atoms with Crippen LogP contribution in [0.3, 0.4) is 0 Å². The first-order chi connectivity index (χ1) is 22.1. The van der Waals surface area contributed by atoms with Gasteiger partial charge in [0.05, 0.1) is 13.2 Å². The maximum Gasteiger partial charge on any atom is 0.132 e. The zero-order valence-corrected chi connectivity index (χ0v) is 30.7. The van der Waals surface area contributed by atoms with E-state index in [-0.39, 0.29) is 13.2 Å². The molecule has 3 N–H and O–H groups in total. The molecular formula is C40H81NO4. The number of ketones is 2. The van der Waals surface area contributed by atoms with Crippen molar-refractivity contribution in [1.29, 1.82) is 0 Å². The summed E-state index contributed by atoms with van der Waals surface area (Å²) in [6, 6.07) is 0. The highest BCUT2D eigenvalue weighted by Gasteiger charge is 2.04. The summed E-state index contributed by atoms with van der Waals surface area (Å²) in [5.74, 6) is 0.866. The Labute approximate surface area is 281 Å². The molecule has 0 aromatic heterocycles. The van der Waals surface area contributed by atoms with E-state index in [1.807, 2.05) is 0 Å². The Morgan fingerprint density at radius 2 is 0.578 bits per heavy atom. The molecule has 0 fully saturated rings. The molecule has 0 aliphatic heterocycles. The van der Waals surface area contributed by atoms with Crippen molar-refractivity contribution in [2.75, 3.05) is 26.3 Å². The number of rotatable bonds is 37. The lowest BCUT2D eigenvalue weighted by atomic mass is 10.0. The van der Waals surface area contributed by atoms with Crippen LogP contribution in [0.15, 0.2) is 0 Å². The van der Waals surface area contributed by atoms with Gasteiger partial charge in [-0.2, -0.15) is 0 Å². The number of hydrogen-bond donors (Lipinski definition) is 3. The maximum atomic E-state index is 12.1. The Morgan fingerprint density at radius 3 is 0.822 bits per heavy atom. The lowest BCUT2D eigenvalue weighted by molar-refractivity contribution is -0.120. The van der Waals surface area contributed by atoms with Gasteiger partial charge in [0.1, 0.15) is 11.6 Å². The van der Waals surface area contributed by atoms with Crippen molar-refractivity contribution in [2.45, 2.75) is 219 Å². The zero-order chi connectivity index (χ0) is 33.3. The Bertz CT molecular complexity index is 520. The van der Waals surface area contributed by atoms with Gasteiger partial charge >= 0.3 is 0 Å². The van der Waals surface area contributed by atoms with Crippen LogP contribution in [0.4, 0.5) is 0 Å². The number of nitrogens with one attached hydrogen (secondary N) is 1.